The van der Waals surface area contributed by atoms with Gasteiger partial charge in [0.1, 0.15) is 0 Å². The molecule has 0 aromatic carbocycles. The quantitative estimate of drug-likeness (QED) is 0.782. The molecule has 0 unspecified atom stereocenters. The molecule has 1 aromatic heterocycles. The Labute approximate surface area is 105 Å². The van der Waals surface area contributed by atoms with Crippen LogP contribution in [0.2, 0.25) is 0 Å². The Kier molecular flexibility index (Phi) is 4.18. The van der Waals surface area contributed by atoms with Gasteiger partial charge < -0.3 is 10.5 Å². The van der Waals surface area contributed by atoms with E-state index in [2.05, 4.69) is 25.7 Å². The first-order valence-corrected chi connectivity index (χ1v) is 5.51. The van der Waals surface area contributed by atoms with Gasteiger partial charge in [0.15, 0.2) is 0 Å². The van der Waals surface area contributed by atoms with Crippen LogP contribution in [-0.2, 0) is 6.54 Å². The fraction of sp³-hybridized carbons (Fsp3) is 0.286. The van der Waals surface area contributed by atoms with Gasteiger partial charge in [0.2, 0.25) is 5.88 Å². The van der Waals surface area contributed by atoms with Gasteiger partial charge in [-0.25, -0.2) is 4.98 Å². The molecule has 1 heterocycles. The van der Waals surface area contributed by atoms with E-state index in [4.69, 9.17) is 5.73 Å². The molecule has 0 aliphatic rings. The van der Waals surface area contributed by atoms with Crippen molar-refractivity contribution in [2.75, 3.05) is 0 Å². The van der Waals surface area contributed by atoms with E-state index in [9.17, 15) is 13.2 Å². The second-order valence-electron chi connectivity index (χ2n) is 2.45. The number of ether oxygens (including phenoxy) is 1. The number of rotatable bonds is 2. The molecule has 0 aliphatic heterocycles. The molecule has 0 fully saturated rings. The van der Waals surface area contributed by atoms with E-state index in [1.807, 2.05) is 22.6 Å². The van der Waals surface area contributed by atoms with Crippen molar-refractivity contribution < 1.29 is 17.9 Å². The fourth-order valence-electron chi connectivity index (χ4n) is 0.830. The molecular weight excluding hydrogens is 392 g/mol. The van der Waals surface area contributed by atoms with Crippen LogP contribution >= 0.6 is 38.5 Å². The Morgan fingerprint density at radius 3 is 2.60 bits per heavy atom. The van der Waals surface area contributed by atoms with Crippen molar-refractivity contribution in [3.05, 3.63) is 19.8 Å². The predicted octanol–water partition coefficient (Wildman–Crippen LogP) is 2.81. The maximum Gasteiger partial charge on any atom is 0.574 e. The number of pyridine rings is 1. The van der Waals surface area contributed by atoms with Crippen molar-refractivity contribution in [3.63, 3.8) is 0 Å². The average Bonchev–Trinajstić information content (AvgIpc) is 2.08. The summed E-state index contributed by atoms with van der Waals surface area (Å²) in [7, 11) is 0. The summed E-state index contributed by atoms with van der Waals surface area (Å²) in [5.41, 5.74) is 5.64. The van der Waals surface area contributed by atoms with E-state index in [0.717, 1.165) is 0 Å². The van der Waals surface area contributed by atoms with Crippen molar-refractivity contribution in [1.29, 1.82) is 0 Å². The highest BCUT2D eigenvalue weighted by atomic mass is 127. The molecule has 0 spiro atoms. The SMILES string of the molecule is NCc1nc(OC(F)(F)F)cc(I)c1Br. The van der Waals surface area contributed by atoms with E-state index in [0.29, 0.717) is 13.7 Å². The Bertz CT molecular complexity index is 372. The molecular formula is C7H5BrF3IN2O. The zero-order valence-corrected chi connectivity index (χ0v) is 10.9. The zero-order valence-electron chi connectivity index (χ0n) is 7.11. The molecule has 0 saturated heterocycles. The largest absolute Gasteiger partial charge is 0.574 e. The van der Waals surface area contributed by atoms with E-state index in [-0.39, 0.29) is 6.54 Å². The smallest absolute Gasteiger partial charge is 0.388 e. The molecule has 0 atom stereocenters. The average molecular weight is 397 g/mol. The Hall–Kier alpha value is -0.0900. The molecule has 0 amide bonds. The third-order valence-corrected chi connectivity index (χ3v) is 3.85. The minimum absolute atomic E-state index is 0.0334. The minimum atomic E-state index is -4.74. The van der Waals surface area contributed by atoms with Crippen molar-refractivity contribution in [3.8, 4) is 5.88 Å². The second-order valence-corrected chi connectivity index (χ2v) is 4.41. The monoisotopic (exact) mass is 396 g/mol. The van der Waals surface area contributed by atoms with E-state index < -0.39 is 12.2 Å². The Morgan fingerprint density at radius 1 is 1.53 bits per heavy atom. The number of hydrogen-bond acceptors (Lipinski definition) is 3. The Morgan fingerprint density at radius 2 is 2.13 bits per heavy atom. The number of hydrogen-bond donors (Lipinski definition) is 1. The first-order chi connectivity index (χ1) is 6.83. The molecule has 8 heteroatoms. The van der Waals surface area contributed by atoms with Gasteiger partial charge in [-0.1, -0.05) is 0 Å². The molecule has 0 aliphatic carbocycles. The maximum atomic E-state index is 11.9. The predicted molar refractivity (Wildman–Crippen MR) is 59.2 cm³/mol. The highest BCUT2D eigenvalue weighted by Gasteiger charge is 2.32. The lowest BCUT2D eigenvalue weighted by Crippen LogP contribution is -2.18. The number of nitrogens with zero attached hydrogens (tertiary/aromatic N) is 1. The summed E-state index contributed by atoms with van der Waals surface area (Å²) < 4.78 is 40.5. The molecule has 1 rings (SSSR count). The van der Waals surface area contributed by atoms with Gasteiger partial charge in [0.25, 0.3) is 0 Å². The Balaban J connectivity index is 3.06. The second kappa shape index (κ2) is 4.83. The van der Waals surface area contributed by atoms with Crippen molar-refractivity contribution in [2.24, 2.45) is 5.73 Å². The summed E-state index contributed by atoms with van der Waals surface area (Å²) >= 11 is 5.03. The van der Waals surface area contributed by atoms with Crippen molar-refractivity contribution in [2.45, 2.75) is 12.9 Å². The van der Waals surface area contributed by atoms with Crippen molar-refractivity contribution in [1.82, 2.24) is 4.98 Å². The zero-order chi connectivity index (χ0) is 11.6. The van der Waals surface area contributed by atoms with E-state index in [1.54, 1.807) is 0 Å². The first kappa shape index (κ1) is 13.0. The molecule has 15 heavy (non-hydrogen) atoms. The molecule has 84 valence electrons. The molecule has 0 radical (unpaired) electrons. The van der Waals surface area contributed by atoms with Crippen LogP contribution in [0.1, 0.15) is 5.69 Å². The topological polar surface area (TPSA) is 48.1 Å². The van der Waals surface area contributed by atoms with Crippen LogP contribution in [0, 0.1) is 3.57 Å². The molecule has 2 N–H and O–H groups in total. The van der Waals surface area contributed by atoms with Gasteiger partial charge in [-0.3, -0.25) is 0 Å². The lowest BCUT2D eigenvalue weighted by atomic mass is 10.3. The normalized spacial score (nSPS) is 11.6. The van der Waals surface area contributed by atoms with Gasteiger partial charge >= 0.3 is 6.36 Å². The van der Waals surface area contributed by atoms with Gasteiger partial charge in [-0.15, -0.1) is 13.2 Å². The summed E-state index contributed by atoms with van der Waals surface area (Å²) in [6.07, 6.45) is -4.74. The van der Waals surface area contributed by atoms with E-state index in [1.165, 1.54) is 6.07 Å². The maximum absolute atomic E-state index is 11.9. The first-order valence-electron chi connectivity index (χ1n) is 3.64. The van der Waals surface area contributed by atoms with Gasteiger partial charge in [-0.05, 0) is 38.5 Å². The van der Waals surface area contributed by atoms with Crippen LogP contribution in [0.15, 0.2) is 10.5 Å². The number of alkyl halides is 3. The van der Waals surface area contributed by atoms with Gasteiger partial charge in [0, 0.05) is 16.2 Å². The number of aromatic nitrogens is 1. The summed E-state index contributed by atoms with van der Waals surface area (Å²) in [6, 6.07) is 1.18. The highest BCUT2D eigenvalue weighted by molar-refractivity contribution is 14.1. The number of halogens is 5. The fourth-order valence-corrected chi connectivity index (χ4v) is 1.77. The van der Waals surface area contributed by atoms with Crippen LogP contribution < -0.4 is 10.5 Å². The summed E-state index contributed by atoms with van der Waals surface area (Å²) in [4.78, 5) is 3.62. The minimum Gasteiger partial charge on any atom is -0.388 e. The number of nitrogens with two attached hydrogens (primary N) is 1. The molecule has 0 bridgehead atoms. The van der Waals surface area contributed by atoms with Crippen LogP contribution in [-0.4, -0.2) is 11.3 Å². The van der Waals surface area contributed by atoms with Crippen LogP contribution in [0.25, 0.3) is 0 Å². The van der Waals surface area contributed by atoms with Crippen LogP contribution in [0.3, 0.4) is 0 Å². The van der Waals surface area contributed by atoms with E-state index >= 15 is 0 Å². The van der Waals surface area contributed by atoms with Crippen molar-refractivity contribution >= 4 is 38.5 Å². The molecule has 1 aromatic rings. The third-order valence-electron chi connectivity index (χ3n) is 1.37. The third kappa shape index (κ3) is 3.76. The lowest BCUT2D eigenvalue weighted by Gasteiger charge is -2.10. The van der Waals surface area contributed by atoms with Gasteiger partial charge in [-0.2, -0.15) is 0 Å². The highest BCUT2D eigenvalue weighted by Crippen LogP contribution is 2.28. The summed E-state index contributed by atoms with van der Waals surface area (Å²) in [6.45, 7) is 0.0334. The molecule has 3 nitrogen and oxygen atoms in total. The van der Waals surface area contributed by atoms with Gasteiger partial charge in [0.05, 0.1) is 10.2 Å². The lowest BCUT2D eigenvalue weighted by molar-refractivity contribution is -0.276. The summed E-state index contributed by atoms with van der Waals surface area (Å²) in [5, 5.41) is 0. The van der Waals surface area contributed by atoms with Crippen LogP contribution in [0.5, 0.6) is 5.88 Å². The summed E-state index contributed by atoms with van der Waals surface area (Å²) in [5.74, 6) is -0.504. The van der Waals surface area contributed by atoms with Crippen LogP contribution in [0.4, 0.5) is 13.2 Å². The standard InChI is InChI=1S/C7H5BrF3IN2O/c8-6-3(12)1-5(14-4(6)2-13)15-7(9,10)11/h1H,2,13H2. The molecule has 0 saturated carbocycles.